The van der Waals surface area contributed by atoms with Gasteiger partial charge in [-0.05, 0) is 31.4 Å². The minimum absolute atomic E-state index is 1.10. The summed E-state index contributed by atoms with van der Waals surface area (Å²) < 4.78 is 0. The Labute approximate surface area is 61.1 Å². The van der Waals surface area contributed by atoms with Gasteiger partial charge in [-0.25, -0.2) is 0 Å². The predicted octanol–water partition coefficient (Wildman–Crippen LogP) is 2.11. The summed E-state index contributed by atoms with van der Waals surface area (Å²) in [5.74, 6) is 1.56. The molecule has 1 heterocycles. The van der Waals surface area contributed by atoms with E-state index in [1.165, 1.54) is 18.4 Å². The number of hydrogen-bond acceptors (Lipinski definition) is 1. The molecule has 10 heavy (non-hydrogen) atoms. The van der Waals surface area contributed by atoms with Gasteiger partial charge in [-0.1, -0.05) is 6.07 Å². The molecule has 1 aromatic heterocycles. The second kappa shape index (κ2) is 2.08. The fourth-order valence-electron chi connectivity index (χ4n) is 1.03. The van der Waals surface area contributed by atoms with Gasteiger partial charge in [-0.15, -0.1) is 0 Å². The monoisotopic (exact) mass is 132 g/mol. The van der Waals surface area contributed by atoms with E-state index in [9.17, 15) is 0 Å². The molecule has 2 rings (SSSR count). The third kappa shape index (κ3) is 1.04. The smallest absolute Gasteiger partial charge is 0.0372 e. The zero-order valence-electron chi connectivity index (χ0n) is 6.09. The standard InChI is InChI=1S/C9H10N/c1-7-2-3-9(6-10-7)8-4-5-8/h2-3,6H,4-5H2,1H3. The molecule has 0 aliphatic heterocycles. The third-order valence-corrected chi connectivity index (χ3v) is 1.82. The predicted molar refractivity (Wildman–Crippen MR) is 40.6 cm³/mol. The van der Waals surface area contributed by atoms with Gasteiger partial charge in [0.05, 0.1) is 0 Å². The van der Waals surface area contributed by atoms with Crippen molar-refractivity contribution in [3.63, 3.8) is 0 Å². The molecule has 1 aliphatic carbocycles. The largest absolute Gasteiger partial charge is 0.261 e. The number of nitrogens with zero attached hydrogens (tertiary/aromatic N) is 1. The van der Waals surface area contributed by atoms with Crippen LogP contribution in [0.2, 0.25) is 0 Å². The molecule has 1 saturated carbocycles. The number of pyridine rings is 1. The van der Waals surface area contributed by atoms with E-state index in [1.54, 1.807) is 5.92 Å². The van der Waals surface area contributed by atoms with Crippen LogP contribution in [-0.2, 0) is 0 Å². The molecule has 1 heteroatoms. The third-order valence-electron chi connectivity index (χ3n) is 1.82. The highest BCUT2D eigenvalue weighted by Gasteiger charge is 2.24. The number of rotatable bonds is 1. The van der Waals surface area contributed by atoms with E-state index in [0.717, 1.165) is 5.69 Å². The Morgan fingerprint density at radius 3 is 2.60 bits per heavy atom. The first-order chi connectivity index (χ1) is 4.86. The lowest BCUT2D eigenvalue weighted by Crippen LogP contribution is -1.83. The summed E-state index contributed by atoms with van der Waals surface area (Å²) in [5, 5.41) is 0. The molecule has 0 unspecified atom stereocenters. The molecule has 0 amide bonds. The Bertz CT molecular complexity index is 221. The highest BCUT2D eigenvalue weighted by Crippen LogP contribution is 2.38. The molecule has 0 N–H and O–H groups in total. The Balaban J connectivity index is 2.28. The van der Waals surface area contributed by atoms with Crippen molar-refractivity contribution >= 4 is 0 Å². The minimum atomic E-state index is 1.10. The van der Waals surface area contributed by atoms with E-state index in [4.69, 9.17) is 0 Å². The lowest BCUT2D eigenvalue weighted by molar-refractivity contribution is 1.17. The molecule has 1 aromatic rings. The molecule has 0 saturated heterocycles. The van der Waals surface area contributed by atoms with Gasteiger partial charge < -0.3 is 0 Å². The molecule has 0 atom stereocenters. The minimum Gasteiger partial charge on any atom is -0.261 e. The fraction of sp³-hybridized carbons (Fsp3) is 0.333. The van der Waals surface area contributed by atoms with Crippen LogP contribution in [0.5, 0.6) is 0 Å². The Hall–Kier alpha value is -0.850. The summed E-state index contributed by atoms with van der Waals surface area (Å²) in [5.41, 5.74) is 2.44. The van der Waals surface area contributed by atoms with Crippen LogP contribution >= 0.6 is 0 Å². The van der Waals surface area contributed by atoms with E-state index in [2.05, 4.69) is 17.1 Å². The van der Waals surface area contributed by atoms with Crippen LogP contribution < -0.4 is 0 Å². The molecule has 0 spiro atoms. The van der Waals surface area contributed by atoms with E-state index in [0.29, 0.717) is 0 Å². The molecule has 0 aromatic carbocycles. The van der Waals surface area contributed by atoms with E-state index in [1.807, 2.05) is 13.1 Å². The van der Waals surface area contributed by atoms with Crippen LogP contribution in [0.4, 0.5) is 0 Å². The van der Waals surface area contributed by atoms with Gasteiger partial charge in [0.25, 0.3) is 0 Å². The lowest BCUT2D eigenvalue weighted by Gasteiger charge is -1.95. The van der Waals surface area contributed by atoms with Gasteiger partial charge in [-0.2, -0.15) is 0 Å². The zero-order valence-corrected chi connectivity index (χ0v) is 6.09. The summed E-state index contributed by atoms with van der Waals surface area (Å²) in [6.45, 7) is 2.02. The summed E-state index contributed by atoms with van der Waals surface area (Å²) in [6, 6.07) is 4.23. The lowest BCUT2D eigenvalue weighted by atomic mass is 10.2. The van der Waals surface area contributed by atoms with E-state index < -0.39 is 0 Å². The topological polar surface area (TPSA) is 12.9 Å². The maximum absolute atomic E-state index is 4.22. The molecule has 1 nitrogen and oxygen atoms in total. The van der Waals surface area contributed by atoms with Crippen molar-refractivity contribution in [2.75, 3.05) is 0 Å². The van der Waals surface area contributed by atoms with Crippen LogP contribution in [0.25, 0.3) is 0 Å². The summed E-state index contributed by atoms with van der Waals surface area (Å²) >= 11 is 0. The van der Waals surface area contributed by atoms with Crippen molar-refractivity contribution in [2.24, 2.45) is 0 Å². The SMILES string of the molecule is Cc1ccc([C]2CC2)cn1. The summed E-state index contributed by atoms with van der Waals surface area (Å²) in [4.78, 5) is 4.22. The van der Waals surface area contributed by atoms with Crippen molar-refractivity contribution in [1.29, 1.82) is 0 Å². The molecule has 51 valence electrons. The molecule has 1 aliphatic rings. The number of aromatic nitrogens is 1. The highest BCUT2D eigenvalue weighted by molar-refractivity contribution is 5.35. The van der Waals surface area contributed by atoms with Crippen LogP contribution in [0, 0.1) is 12.8 Å². The molecular weight excluding hydrogens is 122 g/mol. The second-order valence-corrected chi connectivity index (χ2v) is 2.79. The Morgan fingerprint density at radius 2 is 2.10 bits per heavy atom. The first kappa shape index (κ1) is 5.90. The summed E-state index contributed by atoms with van der Waals surface area (Å²) in [7, 11) is 0. The Kier molecular flexibility index (Phi) is 1.23. The molecule has 1 fully saturated rings. The van der Waals surface area contributed by atoms with Gasteiger partial charge >= 0.3 is 0 Å². The van der Waals surface area contributed by atoms with Crippen LogP contribution in [0.1, 0.15) is 24.1 Å². The van der Waals surface area contributed by atoms with Gasteiger partial charge in [0.2, 0.25) is 0 Å². The van der Waals surface area contributed by atoms with E-state index >= 15 is 0 Å². The van der Waals surface area contributed by atoms with Crippen molar-refractivity contribution in [3.05, 3.63) is 35.5 Å². The van der Waals surface area contributed by atoms with E-state index in [-0.39, 0.29) is 0 Å². The zero-order chi connectivity index (χ0) is 6.97. The van der Waals surface area contributed by atoms with Crippen LogP contribution in [-0.4, -0.2) is 4.98 Å². The van der Waals surface area contributed by atoms with Crippen LogP contribution in [0.15, 0.2) is 18.3 Å². The van der Waals surface area contributed by atoms with Gasteiger partial charge in [0, 0.05) is 17.8 Å². The maximum Gasteiger partial charge on any atom is 0.0372 e. The molecule has 0 bridgehead atoms. The Morgan fingerprint density at radius 1 is 1.30 bits per heavy atom. The first-order valence-electron chi connectivity index (χ1n) is 3.64. The summed E-state index contributed by atoms with van der Waals surface area (Å²) in [6.07, 6.45) is 4.53. The van der Waals surface area contributed by atoms with Crippen LogP contribution in [0.3, 0.4) is 0 Å². The number of hydrogen-bond donors (Lipinski definition) is 0. The molecular formula is C9H10N. The number of aryl methyl sites for hydroxylation is 1. The van der Waals surface area contributed by atoms with Gasteiger partial charge in [0.1, 0.15) is 0 Å². The maximum atomic E-state index is 4.22. The average molecular weight is 132 g/mol. The van der Waals surface area contributed by atoms with Crippen molar-refractivity contribution in [2.45, 2.75) is 19.8 Å². The average Bonchev–Trinajstić information content (AvgIpc) is 2.71. The van der Waals surface area contributed by atoms with Gasteiger partial charge in [-0.3, -0.25) is 4.98 Å². The van der Waals surface area contributed by atoms with Crippen molar-refractivity contribution < 1.29 is 0 Å². The van der Waals surface area contributed by atoms with Crippen molar-refractivity contribution in [1.82, 2.24) is 4.98 Å². The normalized spacial score (nSPS) is 17.3. The fourth-order valence-corrected chi connectivity index (χ4v) is 1.03. The van der Waals surface area contributed by atoms with Crippen molar-refractivity contribution in [3.8, 4) is 0 Å². The first-order valence-corrected chi connectivity index (χ1v) is 3.64. The second-order valence-electron chi connectivity index (χ2n) is 2.79. The molecule has 1 radical (unpaired) electrons. The quantitative estimate of drug-likeness (QED) is 0.570. The highest BCUT2D eigenvalue weighted by atomic mass is 14.7. The van der Waals surface area contributed by atoms with Gasteiger partial charge in [0.15, 0.2) is 0 Å².